The monoisotopic (exact) mass is 186 g/mol. The van der Waals surface area contributed by atoms with Crippen molar-refractivity contribution < 1.29 is 15.3 Å². The molecule has 0 unspecified atom stereocenters. The number of likely N-dealkylation sites (tertiary alicyclic amines) is 1. The molecule has 0 aliphatic carbocycles. The molecule has 1 rings (SSSR count). The Morgan fingerprint density at radius 1 is 1.62 bits per heavy atom. The maximum Gasteiger partial charge on any atom is 0.281 e. The fourth-order valence-corrected chi connectivity index (χ4v) is 1.61. The van der Waals surface area contributed by atoms with E-state index in [1.165, 1.54) is 0 Å². The van der Waals surface area contributed by atoms with Crippen molar-refractivity contribution in [3.63, 3.8) is 0 Å². The molecule has 5 heteroatoms. The third-order valence-electron chi connectivity index (χ3n) is 2.29. The van der Waals surface area contributed by atoms with Crippen LogP contribution in [0.25, 0.3) is 0 Å². The summed E-state index contributed by atoms with van der Waals surface area (Å²) in [5.41, 5.74) is 8.81. The number of hydrogen-bond acceptors (Lipinski definition) is 2. The number of hydrogen-bond donors (Lipinski definition) is 2. The number of rotatable bonds is 2. The predicted octanol–water partition coefficient (Wildman–Crippen LogP) is -1.91. The van der Waals surface area contributed by atoms with Crippen LogP contribution < -0.4 is 11.5 Å². The quantitative estimate of drug-likeness (QED) is 0.527. The van der Waals surface area contributed by atoms with Gasteiger partial charge in [-0.2, -0.15) is 0 Å². The zero-order valence-corrected chi connectivity index (χ0v) is 7.82. The van der Waals surface area contributed by atoms with Crippen LogP contribution in [0, 0.1) is 0 Å². The summed E-state index contributed by atoms with van der Waals surface area (Å²) in [7, 11) is 0. The molecule has 5 N–H and O–H groups in total. The Kier molecular flexibility index (Phi) is 2.87. The summed E-state index contributed by atoms with van der Waals surface area (Å²) in [4.78, 5) is 24.0. The smallest absolute Gasteiger partial charge is 0.281 e. The summed E-state index contributed by atoms with van der Waals surface area (Å²) in [6.45, 7) is 2.35. The average molecular weight is 186 g/mol. The lowest BCUT2D eigenvalue weighted by molar-refractivity contribution is -0.400. The molecule has 74 valence electrons. The number of quaternary nitrogens is 1. The molecule has 1 fully saturated rings. The van der Waals surface area contributed by atoms with E-state index < -0.39 is 11.9 Å². The van der Waals surface area contributed by atoms with E-state index in [2.05, 4.69) is 5.73 Å². The summed E-state index contributed by atoms with van der Waals surface area (Å²) < 4.78 is 0. The molecule has 0 aromatic carbocycles. The molecule has 0 aromatic heterocycles. The second-order valence-electron chi connectivity index (χ2n) is 3.49. The van der Waals surface area contributed by atoms with E-state index in [0.29, 0.717) is 13.0 Å². The molecular formula is C8H16N3O2+. The van der Waals surface area contributed by atoms with E-state index >= 15 is 0 Å². The maximum atomic E-state index is 11.5. The molecule has 13 heavy (non-hydrogen) atoms. The van der Waals surface area contributed by atoms with E-state index in [4.69, 9.17) is 5.73 Å². The Balaban J connectivity index is 2.68. The molecule has 2 amide bonds. The predicted molar refractivity (Wildman–Crippen MR) is 46.3 cm³/mol. The van der Waals surface area contributed by atoms with Gasteiger partial charge in [-0.1, -0.05) is 0 Å². The molecule has 0 saturated carbocycles. The number of nitrogens with two attached hydrogens (primary N) is 1. The zero-order chi connectivity index (χ0) is 10.0. The summed E-state index contributed by atoms with van der Waals surface area (Å²) in [5, 5.41) is 0. The van der Waals surface area contributed by atoms with Crippen molar-refractivity contribution in [2.24, 2.45) is 5.73 Å². The van der Waals surface area contributed by atoms with Crippen molar-refractivity contribution in [3.05, 3.63) is 0 Å². The second kappa shape index (κ2) is 3.74. The largest absolute Gasteiger partial charge is 0.368 e. The Labute approximate surface area is 77.1 Å². The highest BCUT2D eigenvalue weighted by molar-refractivity contribution is 5.88. The van der Waals surface area contributed by atoms with Crippen LogP contribution in [0.2, 0.25) is 0 Å². The Morgan fingerprint density at radius 3 is 2.69 bits per heavy atom. The van der Waals surface area contributed by atoms with E-state index in [-0.39, 0.29) is 11.9 Å². The fourth-order valence-electron chi connectivity index (χ4n) is 1.61. The molecule has 0 spiro atoms. The lowest BCUT2D eigenvalue weighted by atomic mass is 10.2. The molecular weight excluding hydrogens is 170 g/mol. The van der Waals surface area contributed by atoms with E-state index in [0.717, 1.165) is 6.42 Å². The maximum absolute atomic E-state index is 11.5. The van der Waals surface area contributed by atoms with Crippen molar-refractivity contribution in [1.82, 2.24) is 4.90 Å². The van der Waals surface area contributed by atoms with Gasteiger partial charge < -0.3 is 16.4 Å². The van der Waals surface area contributed by atoms with Gasteiger partial charge in [0, 0.05) is 6.54 Å². The van der Waals surface area contributed by atoms with Crippen molar-refractivity contribution >= 4 is 11.8 Å². The van der Waals surface area contributed by atoms with E-state index in [9.17, 15) is 9.59 Å². The lowest BCUT2D eigenvalue weighted by Crippen LogP contribution is -2.67. The van der Waals surface area contributed by atoms with Gasteiger partial charge in [-0.05, 0) is 19.8 Å². The van der Waals surface area contributed by atoms with E-state index in [1.807, 2.05) is 0 Å². The lowest BCUT2D eigenvalue weighted by Gasteiger charge is -2.22. The van der Waals surface area contributed by atoms with Crippen LogP contribution in [-0.4, -0.2) is 35.3 Å². The minimum Gasteiger partial charge on any atom is -0.368 e. The number of primary amides is 1. The molecule has 0 radical (unpaired) electrons. The number of carbonyl (C=O) groups excluding carboxylic acids is 2. The van der Waals surface area contributed by atoms with Crippen molar-refractivity contribution in [2.75, 3.05) is 6.54 Å². The first kappa shape index (κ1) is 9.98. The average Bonchev–Trinajstić information content (AvgIpc) is 2.50. The van der Waals surface area contributed by atoms with Gasteiger partial charge >= 0.3 is 0 Å². The minimum atomic E-state index is -0.411. The molecule has 0 aromatic rings. The first-order chi connectivity index (χ1) is 6.04. The fraction of sp³-hybridized carbons (Fsp3) is 0.750. The summed E-state index contributed by atoms with van der Waals surface area (Å²) >= 11 is 0. The highest BCUT2D eigenvalue weighted by atomic mass is 16.2. The molecule has 1 saturated heterocycles. The SMILES string of the molecule is C[C@H]([NH3+])C(=O)N1CCC[C@@H]1C(N)=O. The first-order valence-corrected chi connectivity index (χ1v) is 4.47. The molecule has 2 atom stereocenters. The third-order valence-corrected chi connectivity index (χ3v) is 2.29. The topological polar surface area (TPSA) is 91.0 Å². The van der Waals surface area contributed by atoms with Gasteiger partial charge in [-0.15, -0.1) is 0 Å². The summed E-state index contributed by atoms with van der Waals surface area (Å²) in [6, 6.07) is -0.711. The van der Waals surface area contributed by atoms with Crippen LogP contribution in [0.1, 0.15) is 19.8 Å². The van der Waals surface area contributed by atoms with Crippen molar-refractivity contribution in [2.45, 2.75) is 31.8 Å². The Bertz CT molecular complexity index is 227. The van der Waals surface area contributed by atoms with Gasteiger partial charge in [0.2, 0.25) is 5.91 Å². The normalized spacial score (nSPS) is 24.5. The molecule has 5 nitrogen and oxygen atoms in total. The van der Waals surface area contributed by atoms with Crippen LogP contribution >= 0.6 is 0 Å². The summed E-state index contributed by atoms with van der Waals surface area (Å²) in [5.74, 6) is -0.493. The van der Waals surface area contributed by atoms with Crippen LogP contribution in [0.5, 0.6) is 0 Å². The summed E-state index contributed by atoms with van der Waals surface area (Å²) in [6.07, 6.45) is 1.54. The van der Waals surface area contributed by atoms with Crippen LogP contribution in [0.3, 0.4) is 0 Å². The third kappa shape index (κ3) is 1.98. The van der Waals surface area contributed by atoms with Gasteiger partial charge in [-0.3, -0.25) is 9.59 Å². The minimum absolute atomic E-state index is 0.0821. The van der Waals surface area contributed by atoms with Gasteiger partial charge in [0.05, 0.1) is 0 Å². The highest BCUT2D eigenvalue weighted by Gasteiger charge is 2.34. The van der Waals surface area contributed by atoms with Gasteiger partial charge in [0.15, 0.2) is 6.04 Å². The first-order valence-electron chi connectivity index (χ1n) is 4.47. The Morgan fingerprint density at radius 2 is 2.23 bits per heavy atom. The standard InChI is InChI=1S/C8H15N3O2/c1-5(9)8(13)11-4-2-3-6(11)7(10)12/h5-6H,2-4,9H2,1H3,(H2,10,12)/p+1/t5-,6+/m0/s1. The molecule has 1 aliphatic heterocycles. The van der Waals surface area contributed by atoms with Crippen molar-refractivity contribution in [3.8, 4) is 0 Å². The van der Waals surface area contributed by atoms with Crippen LogP contribution in [0.15, 0.2) is 0 Å². The van der Waals surface area contributed by atoms with Crippen LogP contribution in [-0.2, 0) is 9.59 Å². The van der Waals surface area contributed by atoms with E-state index in [1.54, 1.807) is 11.8 Å². The molecule has 0 bridgehead atoms. The van der Waals surface area contributed by atoms with Crippen molar-refractivity contribution in [1.29, 1.82) is 0 Å². The molecule has 1 heterocycles. The number of amides is 2. The Hall–Kier alpha value is -1.10. The van der Waals surface area contributed by atoms with Crippen LogP contribution in [0.4, 0.5) is 0 Å². The number of nitrogens with zero attached hydrogens (tertiary/aromatic N) is 1. The zero-order valence-electron chi connectivity index (χ0n) is 7.82. The van der Waals surface area contributed by atoms with Gasteiger partial charge in [0.25, 0.3) is 5.91 Å². The highest BCUT2D eigenvalue weighted by Crippen LogP contribution is 2.17. The van der Waals surface area contributed by atoms with Gasteiger partial charge in [-0.25, -0.2) is 0 Å². The molecule has 1 aliphatic rings. The second-order valence-corrected chi connectivity index (χ2v) is 3.49. The number of carbonyl (C=O) groups is 2. The van der Waals surface area contributed by atoms with Gasteiger partial charge in [0.1, 0.15) is 6.04 Å².